The Morgan fingerprint density at radius 2 is 2.07 bits per heavy atom. The predicted octanol–water partition coefficient (Wildman–Crippen LogP) is 2.63. The van der Waals surface area contributed by atoms with Gasteiger partial charge in [0.1, 0.15) is 11.6 Å². The van der Waals surface area contributed by atoms with E-state index in [1.807, 2.05) is 10.7 Å². The first-order valence-corrected chi connectivity index (χ1v) is 10.7. The molecule has 0 aliphatic carbocycles. The summed E-state index contributed by atoms with van der Waals surface area (Å²) in [7, 11) is 0. The van der Waals surface area contributed by atoms with E-state index in [0.29, 0.717) is 19.3 Å². The molecule has 3 aliphatic heterocycles. The maximum absolute atomic E-state index is 12.4. The normalized spacial score (nSPS) is 22.4. The molecule has 1 aromatic carbocycles. The van der Waals surface area contributed by atoms with Crippen LogP contribution < -0.4 is 10.1 Å². The fourth-order valence-corrected chi connectivity index (χ4v) is 4.59. The Bertz CT molecular complexity index is 867. The molecule has 3 aliphatic rings. The molecule has 2 fully saturated rings. The summed E-state index contributed by atoms with van der Waals surface area (Å²) in [6.07, 6.45) is 5.66. The highest BCUT2D eigenvalue weighted by molar-refractivity contribution is 5.92. The van der Waals surface area contributed by atoms with E-state index in [-0.39, 0.29) is 11.8 Å². The molecule has 7 heteroatoms. The first-order valence-electron chi connectivity index (χ1n) is 10.7. The molecule has 0 saturated carbocycles. The van der Waals surface area contributed by atoms with Crippen LogP contribution in [-0.2, 0) is 22.5 Å². The van der Waals surface area contributed by atoms with Crippen molar-refractivity contribution in [1.82, 2.24) is 14.7 Å². The highest BCUT2D eigenvalue weighted by Gasteiger charge is 2.27. The number of benzene rings is 1. The summed E-state index contributed by atoms with van der Waals surface area (Å²) in [5, 5.41) is 7.57. The minimum Gasteiger partial charge on any atom is -0.493 e. The summed E-state index contributed by atoms with van der Waals surface area (Å²) in [6.45, 7) is 5.04. The van der Waals surface area contributed by atoms with Crippen LogP contribution in [0, 0.1) is 5.92 Å². The van der Waals surface area contributed by atoms with Gasteiger partial charge in [-0.25, -0.2) is 4.68 Å². The van der Waals surface area contributed by atoms with Crippen LogP contribution in [0.5, 0.6) is 5.75 Å². The van der Waals surface area contributed by atoms with E-state index >= 15 is 0 Å². The van der Waals surface area contributed by atoms with Gasteiger partial charge >= 0.3 is 0 Å². The monoisotopic (exact) mass is 396 g/mol. The number of anilines is 1. The average Bonchev–Trinajstić information content (AvgIpc) is 3.50. The van der Waals surface area contributed by atoms with Crippen molar-refractivity contribution in [2.45, 2.75) is 38.3 Å². The van der Waals surface area contributed by atoms with Gasteiger partial charge in [-0.3, -0.25) is 9.69 Å². The van der Waals surface area contributed by atoms with Gasteiger partial charge in [0, 0.05) is 38.7 Å². The van der Waals surface area contributed by atoms with Crippen molar-refractivity contribution < 1.29 is 14.3 Å². The second-order valence-corrected chi connectivity index (χ2v) is 8.26. The Balaban J connectivity index is 1.17. The van der Waals surface area contributed by atoms with E-state index in [2.05, 4.69) is 33.5 Å². The summed E-state index contributed by atoms with van der Waals surface area (Å²) < 4.78 is 12.9. The van der Waals surface area contributed by atoms with E-state index in [1.54, 1.807) is 6.20 Å². The van der Waals surface area contributed by atoms with Crippen LogP contribution in [0.2, 0.25) is 0 Å². The number of nitrogens with one attached hydrogen (secondary N) is 1. The molecular formula is C22H28N4O3. The number of rotatable bonds is 5. The number of fused-ring (bicyclic) bond motifs is 1. The number of piperidine rings is 1. The van der Waals surface area contributed by atoms with E-state index in [0.717, 1.165) is 63.5 Å². The van der Waals surface area contributed by atoms with Gasteiger partial charge in [0.05, 0.1) is 31.4 Å². The number of likely N-dealkylation sites (tertiary alicyclic amines) is 1. The first kappa shape index (κ1) is 18.6. The smallest absolute Gasteiger partial charge is 0.231 e. The van der Waals surface area contributed by atoms with Crippen molar-refractivity contribution in [2.24, 2.45) is 5.92 Å². The Kier molecular flexibility index (Phi) is 5.24. The summed E-state index contributed by atoms with van der Waals surface area (Å²) in [4.78, 5) is 14.9. The SMILES string of the molecule is O=C(Nc1ccnn1C1CCN(Cc2ccc3c(c2)CCO3)CC1)[C@@H]1CCOC1. The molecule has 0 spiro atoms. The van der Waals surface area contributed by atoms with Crippen molar-refractivity contribution in [3.05, 3.63) is 41.6 Å². The molecule has 1 atom stereocenters. The Labute approximate surface area is 171 Å². The van der Waals surface area contributed by atoms with Gasteiger partial charge in [-0.2, -0.15) is 5.10 Å². The number of carbonyl (C=O) groups excluding carboxylic acids is 1. The fourth-order valence-electron chi connectivity index (χ4n) is 4.59. The zero-order chi connectivity index (χ0) is 19.6. The number of nitrogens with zero attached hydrogens (tertiary/aromatic N) is 3. The van der Waals surface area contributed by atoms with Crippen LogP contribution in [0.3, 0.4) is 0 Å². The van der Waals surface area contributed by atoms with Crippen molar-refractivity contribution in [3.8, 4) is 5.75 Å². The lowest BCUT2D eigenvalue weighted by Gasteiger charge is -2.32. The molecule has 0 radical (unpaired) electrons. The van der Waals surface area contributed by atoms with Crippen LogP contribution in [0.15, 0.2) is 30.5 Å². The maximum atomic E-state index is 12.4. The number of carbonyl (C=O) groups is 1. The Morgan fingerprint density at radius 3 is 2.90 bits per heavy atom. The van der Waals surface area contributed by atoms with Crippen LogP contribution >= 0.6 is 0 Å². The van der Waals surface area contributed by atoms with Gasteiger partial charge in [0.25, 0.3) is 0 Å². The molecule has 0 bridgehead atoms. The zero-order valence-electron chi connectivity index (χ0n) is 16.7. The Hall–Kier alpha value is -2.38. The standard InChI is InChI=1S/C22H28N4O3/c27-22(18-6-11-28-15-18)24-21-3-8-23-26(21)19-4-9-25(10-5-19)14-16-1-2-20-17(13-16)7-12-29-20/h1-3,8,13,18-19H,4-7,9-12,14-15H2,(H,24,27)/t18-/m1/s1. The summed E-state index contributed by atoms with van der Waals surface area (Å²) in [6, 6.07) is 8.81. The first-order chi connectivity index (χ1) is 14.3. The molecule has 4 heterocycles. The highest BCUT2D eigenvalue weighted by Crippen LogP contribution is 2.29. The zero-order valence-corrected chi connectivity index (χ0v) is 16.7. The lowest BCUT2D eigenvalue weighted by Crippen LogP contribution is -2.35. The summed E-state index contributed by atoms with van der Waals surface area (Å²) >= 11 is 0. The van der Waals surface area contributed by atoms with Crippen molar-refractivity contribution >= 4 is 11.7 Å². The van der Waals surface area contributed by atoms with Gasteiger partial charge in [0.2, 0.25) is 5.91 Å². The minimum atomic E-state index is -0.0436. The molecule has 2 aromatic rings. The number of hydrogen-bond donors (Lipinski definition) is 1. The van der Waals surface area contributed by atoms with E-state index in [1.165, 1.54) is 11.1 Å². The molecule has 154 valence electrons. The molecular weight excluding hydrogens is 368 g/mol. The quantitative estimate of drug-likeness (QED) is 0.842. The third-order valence-electron chi connectivity index (χ3n) is 6.29. The van der Waals surface area contributed by atoms with Crippen molar-refractivity contribution in [2.75, 3.05) is 38.2 Å². The number of hydrogen-bond acceptors (Lipinski definition) is 5. The van der Waals surface area contributed by atoms with E-state index < -0.39 is 0 Å². The van der Waals surface area contributed by atoms with Crippen LogP contribution in [0.25, 0.3) is 0 Å². The fraction of sp³-hybridized carbons (Fsp3) is 0.545. The third kappa shape index (κ3) is 4.02. The molecule has 5 rings (SSSR count). The largest absolute Gasteiger partial charge is 0.493 e. The van der Waals surface area contributed by atoms with Gasteiger partial charge in [-0.1, -0.05) is 12.1 Å². The molecule has 0 unspecified atom stereocenters. The molecule has 29 heavy (non-hydrogen) atoms. The van der Waals surface area contributed by atoms with Crippen LogP contribution in [0.1, 0.15) is 36.4 Å². The van der Waals surface area contributed by atoms with Gasteiger partial charge in [0.15, 0.2) is 0 Å². The second kappa shape index (κ2) is 8.16. The van der Waals surface area contributed by atoms with Crippen LogP contribution in [0.4, 0.5) is 5.82 Å². The Morgan fingerprint density at radius 1 is 1.17 bits per heavy atom. The maximum Gasteiger partial charge on any atom is 0.231 e. The van der Waals surface area contributed by atoms with E-state index in [9.17, 15) is 4.79 Å². The van der Waals surface area contributed by atoms with Crippen LogP contribution in [-0.4, -0.2) is 53.5 Å². The lowest BCUT2D eigenvalue weighted by molar-refractivity contribution is -0.119. The third-order valence-corrected chi connectivity index (χ3v) is 6.29. The van der Waals surface area contributed by atoms with Crippen molar-refractivity contribution in [1.29, 1.82) is 0 Å². The molecule has 1 aromatic heterocycles. The molecule has 1 amide bonds. The molecule has 1 N–H and O–H groups in total. The van der Waals surface area contributed by atoms with Gasteiger partial charge < -0.3 is 14.8 Å². The second-order valence-electron chi connectivity index (χ2n) is 8.26. The number of aromatic nitrogens is 2. The topological polar surface area (TPSA) is 68.6 Å². The minimum absolute atomic E-state index is 0.0436. The number of amides is 1. The van der Waals surface area contributed by atoms with Gasteiger partial charge in [-0.15, -0.1) is 0 Å². The summed E-state index contributed by atoms with van der Waals surface area (Å²) in [5.41, 5.74) is 2.69. The van der Waals surface area contributed by atoms with E-state index in [4.69, 9.17) is 9.47 Å². The average molecular weight is 396 g/mol. The number of ether oxygens (including phenoxy) is 2. The molecule has 7 nitrogen and oxygen atoms in total. The lowest BCUT2D eigenvalue weighted by atomic mass is 10.0. The van der Waals surface area contributed by atoms with Crippen molar-refractivity contribution in [3.63, 3.8) is 0 Å². The highest BCUT2D eigenvalue weighted by atomic mass is 16.5. The molecule has 2 saturated heterocycles. The van der Waals surface area contributed by atoms with Gasteiger partial charge in [-0.05, 0) is 36.5 Å². The summed E-state index contributed by atoms with van der Waals surface area (Å²) in [5.74, 6) is 1.85. The predicted molar refractivity (Wildman–Crippen MR) is 109 cm³/mol.